The van der Waals surface area contributed by atoms with Crippen molar-refractivity contribution in [1.29, 1.82) is 5.26 Å². The Morgan fingerprint density at radius 2 is 1.89 bits per heavy atom. The molecule has 0 spiro atoms. The number of nitriles is 1. The van der Waals surface area contributed by atoms with Gasteiger partial charge in [-0.25, -0.2) is 0 Å². The van der Waals surface area contributed by atoms with E-state index in [2.05, 4.69) is 6.07 Å². The smallest absolute Gasteiger partial charge is 0.242 e. The molecular formula is C15H24N2O2. The first-order chi connectivity index (χ1) is 9.07. The van der Waals surface area contributed by atoms with Crippen LogP contribution in [-0.2, 0) is 4.79 Å². The molecule has 19 heavy (non-hydrogen) atoms. The van der Waals surface area contributed by atoms with Crippen LogP contribution in [0.15, 0.2) is 0 Å². The Balaban J connectivity index is 1.97. The molecule has 0 aromatic heterocycles. The Morgan fingerprint density at radius 3 is 2.37 bits per heavy atom. The first-order valence-corrected chi connectivity index (χ1v) is 7.42. The van der Waals surface area contributed by atoms with Crippen molar-refractivity contribution in [3.8, 4) is 6.07 Å². The SMILES string of the molecule is CN(CC1CC(O)C1)C(=O)C1(C#N)CCCCCC1. The summed E-state index contributed by atoms with van der Waals surface area (Å²) >= 11 is 0. The van der Waals surface area contributed by atoms with Gasteiger partial charge in [0.25, 0.3) is 0 Å². The molecular weight excluding hydrogens is 240 g/mol. The van der Waals surface area contributed by atoms with Crippen molar-refractivity contribution in [2.75, 3.05) is 13.6 Å². The molecule has 0 saturated heterocycles. The van der Waals surface area contributed by atoms with E-state index in [4.69, 9.17) is 0 Å². The maximum Gasteiger partial charge on any atom is 0.242 e. The quantitative estimate of drug-likeness (QED) is 0.794. The standard InChI is InChI=1S/C15H24N2O2/c1-17(10-12-8-13(18)9-12)14(19)15(11-16)6-4-2-3-5-7-15/h12-13,18H,2-10H2,1H3. The molecule has 2 fully saturated rings. The van der Waals surface area contributed by atoms with Crippen molar-refractivity contribution < 1.29 is 9.90 Å². The highest BCUT2D eigenvalue weighted by Crippen LogP contribution is 2.37. The fraction of sp³-hybridized carbons (Fsp3) is 0.867. The van der Waals surface area contributed by atoms with Crippen LogP contribution >= 0.6 is 0 Å². The number of nitrogens with zero attached hydrogens (tertiary/aromatic N) is 2. The van der Waals surface area contributed by atoms with Crippen LogP contribution in [0.3, 0.4) is 0 Å². The summed E-state index contributed by atoms with van der Waals surface area (Å²) in [6, 6.07) is 2.32. The number of rotatable bonds is 3. The average Bonchev–Trinajstić information content (AvgIpc) is 2.62. The lowest BCUT2D eigenvalue weighted by molar-refractivity contribution is -0.140. The molecule has 0 bridgehead atoms. The molecule has 2 aliphatic rings. The third-order valence-corrected chi connectivity index (χ3v) is 4.67. The van der Waals surface area contributed by atoms with E-state index in [1.165, 1.54) is 0 Å². The van der Waals surface area contributed by atoms with Gasteiger partial charge >= 0.3 is 0 Å². The third-order valence-electron chi connectivity index (χ3n) is 4.67. The zero-order valence-electron chi connectivity index (χ0n) is 11.8. The van der Waals surface area contributed by atoms with Gasteiger partial charge in [0.2, 0.25) is 5.91 Å². The maximum atomic E-state index is 12.6. The van der Waals surface area contributed by atoms with Gasteiger partial charge in [-0.15, -0.1) is 0 Å². The van der Waals surface area contributed by atoms with E-state index in [-0.39, 0.29) is 12.0 Å². The predicted molar refractivity (Wildman–Crippen MR) is 72.1 cm³/mol. The highest BCUT2D eigenvalue weighted by Gasteiger charge is 2.41. The van der Waals surface area contributed by atoms with E-state index >= 15 is 0 Å². The highest BCUT2D eigenvalue weighted by atomic mass is 16.3. The summed E-state index contributed by atoms with van der Waals surface area (Å²) in [5.74, 6) is 0.406. The molecule has 0 radical (unpaired) electrons. The third kappa shape index (κ3) is 3.09. The zero-order chi connectivity index (χ0) is 13.9. The lowest BCUT2D eigenvalue weighted by Gasteiger charge is -2.37. The van der Waals surface area contributed by atoms with Gasteiger partial charge in [-0.2, -0.15) is 5.26 Å². The fourth-order valence-corrected chi connectivity index (χ4v) is 3.39. The molecule has 1 N–H and O–H groups in total. The Kier molecular flexibility index (Phi) is 4.46. The van der Waals surface area contributed by atoms with Crippen LogP contribution in [-0.4, -0.2) is 35.6 Å². The van der Waals surface area contributed by atoms with Crippen LogP contribution in [0.25, 0.3) is 0 Å². The molecule has 0 unspecified atom stereocenters. The predicted octanol–water partition coefficient (Wildman–Crippen LogP) is 2.08. The topological polar surface area (TPSA) is 64.3 Å². The molecule has 106 valence electrons. The summed E-state index contributed by atoms with van der Waals surface area (Å²) in [6.45, 7) is 0.680. The van der Waals surface area contributed by atoms with Crippen LogP contribution < -0.4 is 0 Å². The van der Waals surface area contributed by atoms with Gasteiger partial charge in [0.15, 0.2) is 0 Å². The Bertz CT molecular complexity index is 361. The van der Waals surface area contributed by atoms with Gasteiger partial charge in [0, 0.05) is 13.6 Å². The molecule has 0 aliphatic heterocycles. The number of aliphatic hydroxyl groups is 1. The number of hydrogen-bond acceptors (Lipinski definition) is 3. The fourth-order valence-electron chi connectivity index (χ4n) is 3.39. The summed E-state index contributed by atoms with van der Waals surface area (Å²) in [5.41, 5.74) is -0.784. The van der Waals surface area contributed by atoms with E-state index in [9.17, 15) is 15.2 Å². The first-order valence-electron chi connectivity index (χ1n) is 7.42. The second-order valence-electron chi connectivity index (χ2n) is 6.29. The van der Waals surface area contributed by atoms with Crippen LogP contribution in [0.2, 0.25) is 0 Å². The van der Waals surface area contributed by atoms with E-state index in [1.807, 2.05) is 0 Å². The van der Waals surface area contributed by atoms with Crippen molar-refractivity contribution in [3.05, 3.63) is 0 Å². The number of aliphatic hydroxyl groups excluding tert-OH is 1. The molecule has 2 saturated carbocycles. The number of carbonyl (C=O) groups excluding carboxylic acids is 1. The van der Waals surface area contributed by atoms with Crippen molar-refractivity contribution >= 4 is 5.91 Å². The van der Waals surface area contributed by atoms with E-state index in [1.54, 1.807) is 11.9 Å². The zero-order valence-corrected chi connectivity index (χ0v) is 11.8. The van der Waals surface area contributed by atoms with Gasteiger partial charge in [0.05, 0.1) is 12.2 Å². The molecule has 0 heterocycles. The molecule has 0 atom stereocenters. The van der Waals surface area contributed by atoms with Crippen LogP contribution in [0.4, 0.5) is 0 Å². The Labute approximate surface area is 115 Å². The minimum Gasteiger partial charge on any atom is -0.393 e. The van der Waals surface area contributed by atoms with Gasteiger partial charge in [0.1, 0.15) is 5.41 Å². The lowest BCUT2D eigenvalue weighted by Crippen LogP contribution is -2.45. The summed E-state index contributed by atoms with van der Waals surface area (Å²) in [4.78, 5) is 14.3. The Hall–Kier alpha value is -1.08. The molecule has 2 aliphatic carbocycles. The van der Waals surface area contributed by atoms with Crippen molar-refractivity contribution in [2.24, 2.45) is 11.3 Å². The molecule has 4 nitrogen and oxygen atoms in total. The molecule has 0 aromatic carbocycles. The molecule has 4 heteroatoms. The number of hydrogen-bond donors (Lipinski definition) is 1. The van der Waals surface area contributed by atoms with Crippen LogP contribution in [0.5, 0.6) is 0 Å². The summed E-state index contributed by atoms with van der Waals surface area (Å²) < 4.78 is 0. The van der Waals surface area contributed by atoms with Crippen molar-refractivity contribution in [1.82, 2.24) is 4.90 Å². The summed E-state index contributed by atoms with van der Waals surface area (Å²) in [6.07, 6.45) is 7.04. The van der Waals surface area contributed by atoms with Gasteiger partial charge in [-0.1, -0.05) is 25.7 Å². The minimum absolute atomic E-state index is 0.00158. The second-order valence-corrected chi connectivity index (χ2v) is 6.29. The van der Waals surface area contributed by atoms with Gasteiger partial charge in [-0.3, -0.25) is 4.79 Å². The van der Waals surface area contributed by atoms with Crippen molar-refractivity contribution in [2.45, 2.75) is 57.5 Å². The maximum absolute atomic E-state index is 12.6. The van der Waals surface area contributed by atoms with E-state index < -0.39 is 5.41 Å². The van der Waals surface area contributed by atoms with Crippen molar-refractivity contribution in [3.63, 3.8) is 0 Å². The monoisotopic (exact) mass is 264 g/mol. The molecule has 2 rings (SSSR count). The van der Waals surface area contributed by atoms with Gasteiger partial charge in [-0.05, 0) is 31.6 Å². The lowest BCUT2D eigenvalue weighted by atomic mass is 9.79. The second kappa shape index (κ2) is 5.92. The number of carbonyl (C=O) groups is 1. The van der Waals surface area contributed by atoms with Crippen LogP contribution in [0.1, 0.15) is 51.4 Å². The molecule has 1 amide bonds. The largest absolute Gasteiger partial charge is 0.393 e. The minimum atomic E-state index is -0.784. The number of amides is 1. The highest BCUT2D eigenvalue weighted by molar-refractivity contribution is 5.85. The summed E-state index contributed by atoms with van der Waals surface area (Å²) in [5, 5.41) is 18.8. The van der Waals surface area contributed by atoms with E-state index in [0.717, 1.165) is 38.5 Å². The summed E-state index contributed by atoms with van der Waals surface area (Å²) in [7, 11) is 1.80. The normalized spacial score (nSPS) is 29.7. The molecule has 0 aromatic rings. The average molecular weight is 264 g/mol. The Morgan fingerprint density at radius 1 is 1.32 bits per heavy atom. The first kappa shape index (κ1) is 14.3. The van der Waals surface area contributed by atoms with Gasteiger partial charge < -0.3 is 10.0 Å². The van der Waals surface area contributed by atoms with E-state index in [0.29, 0.717) is 25.3 Å². The van der Waals surface area contributed by atoms with Crippen LogP contribution in [0, 0.1) is 22.7 Å².